The average Bonchev–Trinajstić information content (AvgIpc) is 2.96. The summed E-state index contributed by atoms with van der Waals surface area (Å²) >= 11 is 0. The predicted octanol–water partition coefficient (Wildman–Crippen LogP) is 3.17. The molecule has 0 fully saturated rings. The van der Waals surface area contributed by atoms with Crippen molar-refractivity contribution in [3.63, 3.8) is 0 Å². The molecule has 22 heavy (non-hydrogen) atoms. The highest BCUT2D eigenvalue weighted by atomic mass is 16.6. The van der Waals surface area contributed by atoms with E-state index >= 15 is 0 Å². The zero-order valence-corrected chi connectivity index (χ0v) is 10.9. The molecule has 0 unspecified atom stereocenters. The van der Waals surface area contributed by atoms with Gasteiger partial charge in [-0.15, -0.1) is 0 Å². The lowest BCUT2D eigenvalue weighted by atomic mass is 10.2. The number of nitrogens with one attached hydrogen (secondary N) is 1. The Labute approximate surface area is 122 Å². The maximum absolute atomic E-state index is 10.9. The number of aromatic nitrogens is 2. The van der Waals surface area contributed by atoms with Crippen molar-refractivity contribution >= 4 is 22.4 Å². The Morgan fingerprint density at radius 3 is 2.55 bits per heavy atom. The second-order valence-corrected chi connectivity index (χ2v) is 4.32. The highest BCUT2D eigenvalue weighted by molar-refractivity contribution is 5.82. The molecule has 0 atom stereocenters. The molecule has 0 spiro atoms. The topological polar surface area (TPSA) is 124 Å². The summed E-state index contributed by atoms with van der Waals surface area (Å²) in [6, 6.07) is 6.73. The number of hydrogen-bond acceptors (Lipinski definition) is 6. The van der Waals surface area contributed by atoms with Gasteiger partial charge in [-0.3, -0.25) is 20.2 Å². The van der Waals surface area contributed by atoms with E-state index in [4.69, 9.17) is 4.74 Å². The molecule has 3 aromatic rings. The molecule has 1 N–H and O–H groups in total. The third kappa shape index (κ3) is 2.30. The summed E-state index contributed by atoms with van der Waals surface area (Å²) in [5.74, 6) is 0.570. The molecule has 2 aromatic heterocycles. The minimum absolute atomic E-state index is 0.131. The number of ether oxygens (including phenoxy) is 1. The second-order valence-electron chi connectivity index (χ2n) is 4.32. The van der Waals surface area contributed by atoms with Crippen molar-refractivity contribution < 1.29 is 14.6 Å². The standard InChI is InChI=1S/C13H8N4O5/c18-16(19)10-2-1-8(7-11(10)17(20)21)22-12-4-6-15-13-9(12)3-5-14-13/h1-7H,(H,14,15). The van der Waals surface area contributed by atoms with Crippen LogP contribution >= 0.6 is 0 Å². The lowest BCUT2D eigenvalue weighted by Gasteiger charge is -2.06. The van der Waals surface area contributed by atoms with Crippen molar-refractivity contribution in [1.29, 1.82) is 0 Å². The Kier molecular flexibility index (Phi) is 3.14. The Hall–Kier alpha value is -3.49. The van der Waals surface area contributed by atoms with E-state index in [2.05, 4.69) is 9.97 Å². The number of benzene rings is 1. The number of H-pyrrole nitrogens is 1. The summed E-state index contributed by atoms with van der Waals surface area (Å²) in [7, 11) is 0. The summed E-state index contributed by atoms with van der Waals surface area (Å²) in [4.78, 5) is 27.1. The van der Waals surface area contributed by atoms with Gasteiger partial charge in [0.2, 0.25) is 0 Å². The molecule has 0 saturated carbocycles. The van der Waals surface area contributed by atoms with Gasteiger partial charge in [-0.05, 0) is 18.2 Å². The molecular weight excluding hydrogens is 292 g/mol. The van der Waals surface area contributed by atoms with Gasteiger partial charge < -0.3 is 9.72 Å². The number of fused-ring (bicyclic) bond motifs is 1. The molecule has 0 saturated heterocycles. The Morgan fingerprint density at radius 2 is 1.82 bits per heavy atom. The van der Waals surface area contributed by atoms with Gasteiger partial charge in [0, 0.05) is 18.5 Å². The van der Waals surface area contributed by atoms with Crippen LogP contribution in [-0.2, 0) is 0 Å². The fourth-order valence-electron chi connectivity index (χ4n) is 2.02. The van der Waals surface area contributed by atoms with Crippen LogP contribution in [0.3, 0.4) is 0 Å². The number of nitrogens with zero attached hydrogens (tertiary/aromatic N) is 3. The van der Waals surface area contributed by atoms with Gasteiger partial charge in [0.05, 0.1) is 21.3 Å². The molecule has 0 amide bonds. The molecule has 3 rings (SSSR count). The quantitative estimate of drug-likeness (QED) is 0.582. The molecule has 0 aliphatic carbocycles. The normalized spacial score (nSPS) is 10.5. The van der Waals surface area contributed by atoms with E-state index in [0.717, 1.165) is 12.1 Å². The lowest BCUT2D eigenvalue weighted by molar-refractivity contribution is -0.422. The summed E-state index contributed by atoms with van der Waals surface area (Å²) in [6.07, 6.45) is 3.21. The smallest absolute Gasteiger partial charge is 0.349 e. The average molecular weight is 300 g/mol. The maximum Gasteiger partial charge on any atom is 0.349 e. The van der Waals surface area contributed by atoms with Gasteiger partial charge in [-0.2, -0.15) is 0 Å². The van der Waals surface area contributed by atoms with Gasteiger partial charge in [0.25, 0.3) is 0 Å². The summed E-state index contributed by atoms with van der Waals surface area (Å²) in [5, 5.41) is 22.4. The first kappa shape index (κ1) is 13.5. The molecule has 0 aliphatic rings. The largest absolute Gasteiger partial charge is 0.456 e. The van der Waals surface area contributed by atoms with Crippen LogP contribution < -0.4 is 4.74 Å². The van der Waals surface area contributed by atoms with Crippen LogP contribution in [0.4, 0.5) is 11.4 Å². The van der Waals surface area contributed by atoms with E-state index in [1.807, 2.05) is 0 Å². The SMILES string of the molecule is O=[N+]([O-])c1ccc(Oc2ccnc3[nH]ccc23)cc1[N+](=O)[O-]. The van der Waals surface area contributed by atoms with Gasteiger partial charge in [0.15, 0.2) is 0 Å². The molecule has 0 aliphatic heterocycles. The van der Waals surface area contributed by atoms with Crippen LogP contribution in [0.5, 0.6) is 11.5 Å². The number of pyridine rings is 1. The fraction of sp³-hybridized carbons (Fsp3) is 0. The van der Waals surface area contributed by atoms with E-state index in [9.17, 15) is 20.2 Å². The highest BCUT2D eigenvalue weighted by Crippen LogP contribution is 2.34. The first-order valence-electron chi connectivity index (χ1n) is 6.09. The van der Waals surface area contributed by atoms with Gasteiger partial charge >= 0.3 is 11.4 Å². The summed E-state index contributed by atoms with van der Waals surface area (Å²) in [6.45, 7) is 0. The van der Waals surface area contributed by atoms with Gasteiger partial charge in [0.1, 0.15) is 17.1 Å². The zero-order valence-electron chi connectivity index (χ0n) is 10.9. The molecular formula is C13H8N4O5. The van der Waals surface area contributed by atoms with E-state index in [0.29, 0.717) is 16.8 Å². The van der Waals surface area contributed by atoms with Crippen molar-refractivity contribution in [3.05, 3.63) is 63.0 Å². The van der Waals surface area contributed by atoms with E-state index in [1.54, 1.807) is 18.3 Å². The molecule has 9 heteroatoms. The molecule has 0 radical (unpaired) electrons. The third-order valence-electron chi connectivity index (χ3n) is 2.99. The van der Waals surface area contributed by atoms with E-state index in [-0.39, 0.29) is 5.75 Å². The molecule has 2 heterocycles. The molecule has 1 aromatic carbocycles. The lowest BCUT2D eigenvalue weighted by Crippen LogP contribution is -1.97. The number of nitro groups is 2. The third-order valence-corrected chi connectivity index (χ3v) is 2.99. The van der Waals surface area contributed by atoms with Crippen LogP contribution in [0, 0.1) is 20.2 Å². The van der Waals surface area contributed by atoms with Crippen molar-refractivity contribution in [1.82, 2.24) is 9.97 Å². The minimum Gasteiger partial charge on any atom is -0.456 e. The zero-order chi connectivity index (χ0) is 15.7. The Bertz CT molecular complexity index is 889. The predicted molar refractivity (Wildman–Crippen MR) is 75.9 cm³/mol. The second kappa shape index (κ2) is 5.13. The maximum atomic E-state index is 10.9. The Morgan fingerprint density at radius 1 is 1.05 bits per heavy atom. The van der Waals surface area contributed by atoms with Crippen molar-refractivity contribution in [2.75, 3.05) is 0 Å². The van der Waals surface area contributed by atoms with Crippen LogP contribution in [-0.4, -0.2) is 19.8 Å². The number of hydrogen-bond donors (Lipinski definition) is 1. The van der Waals surface area contributed by atoms with Gasteiger partial charge in [-0.25, -0.2) is 4.98 Å². The van der Waals surface area contributed by atoms with Crippen molar-refractivity contribution in [2.45, 2.75) is 0 Å². The van der Waals surface area contributed by atoms with Crippen LogP contribution in [0.2, 0.25) is 0 Å². The number of aromatic amines is 1. The monoisotopic (exact) mass is 300 g/mol. The summed E-state index contributed by atoms with van der Waals surface area (Å²) < 4.78 is 5.59. The fourth-order valence-corrected chi connectivity index (χ4v) is 2.02. The highest BCUT2D eigenvalue weighted by Gasteiger charge is 2.24. The van der Waals surface area contributed by atoms with Crippen LogP contribution in [0.1, 0.15) is 0 Å². The van der Waals surface area contributed by atoms with Crippen molar-refractivity contribution in [3.8, 4) is 11.5 Å². The van der Waals surface area contributed by atoms with Crippen LogP contribution in [0.25, 0.3) is 11.0 Å². The number of nitro benzene ring substituents is 2. The molecule has 9 nitrogen and oxygen atoms in total. The first-order valence-corrected chi connectivity index (χ1v) is 6.09. The van der Waals surface area contributed by atoms with E-state index < -0.39 is 21.2 Å². The summed E-state index contributed by atoms with van der Waals surface area (Å²) in [5.41, 5.74) is -0.602. The number of rotatable bonds is 4. The Balaban J connectivity index is 2.02. The van der Waals surface area contributed by atoms with Gasteiger partial charge in [-0.1, -0.05) is 0 Å². The molecule has 110 valence electrons. The van der Waals surface area contributed by atoms with Crippen molar-refractivity contribution in [2.24, 2.45) is 0 Å². The molecule has 0 bridgehead atoms. The first-order chi connectivity index (χ1) is 10.6. The van der Waals surface area contributed by atoms with Crippen LogP contribution in [0.15, 0.2) is 42.7 Å². The van der Waals surface area contributed by atoms with E-state index in [1.165, 1.54) is 12.3 Å². The minimum atomic E-state index is -0.816.